The van der Waals surface area contributed by atoms with Crippen LogP contribution in [0, 0.1) is 6.92 Å². The lowest BCUT2D eigenvalue weighted by atomic mass is 10.0. The molecule has 18 heavy (non-hydrogen) atoms. The molecule has 2 aromatic rings. The topological polar surface area (TPSA) is 47.3 Å². The summed E-state index contributed by atoms with van der Waals surface area (Å²) in [6.45, 7) is 2.02. The molecule has 0 saturated heterocycles. The van der Waals surface area contributed by atoms with Crippen LogP contribution in [0.1, 0.15) is 22.0 Å². The molecule has 0 fully saturated rings. The molecule has 0 saturated carbocycles. The maximum atomic E-state index is 5.69. The molecular weight excluding hydrogens is 312 g/mol. The molecule has 0 aliphatic carbocycles. The van der Waals surface area contributed by atoms with E-state index in [4.69, 9.17) is 10.6 Å². The van der Waals surface area contributed by atoms with E-state index in [1.165, 1.54) is 0 Å². The summed E-state index contributed by atoms with van der Waals surface area (Å²) in [6.07, 6.45) is 0. The molecule has 0 amide bonds. The molecule has 0 aliphatic heterocycles. The molecule has 5 heteroatoms. The van der Waals surface area contributed by atoms with Crippen LogP contribution in [-0.4, -0.2) is 7.11 Å². The first-order chi connectivity index (χ1) is 8.67. The van der Waals surface area contributed by atoms with Crippen molar-refractivity contribution in [2.24, 2.45) is 5.84 Å². The summed E-state index contributed by atoms with van der Waals surface area (Å²) in [6, 6.07) is 8.12. The van der Waals surface area contributed by atoms with Gasteiger partial charge in [-0.05, 0) is 51.5 Å². The Morgan fingerprint density at radius 2 is 2.17 bits per heavy atom. The third-order valence-electron chi connectivity index (χ3n) is 2.84. The second kappa shape index (κ2) is 5.84. The van der Waals surface area contributed by atoms with Crippen LogP contribution in [0.2, 0.25) is 0 Å². The number of ether oxygens (including phenoxy) is 1. The van der Waals surface area contributed by atoms with Gasteiger partial charge >= 0.3 is 0 Å². The van der Waals surface area contributed by atoms with E-state index < -0.39 is 0 Å². The van der Waals surface area contributed by atoms with Crippen LogP contribution >= 0.6 is 27.3 Å². The van der Waals surface area contributed by atoms with Gasteiger partial charge in [-0.1, -0.05) is 12.1 Å². The highest BCUT2D eigenvalue weighted by Crippen LogP contribution is 2.34. The Bertz CT molecular complexity index is 542. The summed E-state index contributed by atoms with van der Waals surface area (Å²) in [5, 5.41) is 2.04. The van der Waals surface area contributed by atoms with Gasteiger partial charge < -0.3 is 4.74 Å². The van der Waals surface area contributed by atoms with Crippen LogP contribution in [0.5, 0.6) is 5.75 Å². The van der Waals surface area contributed by atoms with E-state index in [2.05, 4.69) is 27.4 Å². The number of hydrogen-bond acceptors (Lipinski definition) is 4. The molecular formula is C13H15BrN2OS. The molecule has 1 aromatic carbocycles. The Morgan fingerprint density at radius 3 is 2.72 bits per heavy atom. The van der Waals surface area contributed by atoms with E-state index >= 15 is 0 Å². The van der Waals surface area contributed by atoms with Crippen LogP contribution in [0.25, 0.3) is 0 Å². The van der Waals surface area contributed by atoms with E-state index in [-0.39, 0.29) is 6.04 Å². The summed E-state index contributed by atoms with van der Waals surface area (Å²) in [4.78, 5) is 1.16. The maximum Gasteiger partial charge on any atom is 0.122 e. The van der Waals surface area contributed by atoms with Crippen LogP contribution in [0.4, 0.5) is 0 Å². The summed E-state index contributed by atoms with van der Waals surface area (Å²) in [5.41, 5.74) is 5.06. The third-order valence-corrected chi connectivity index (χ3v) is 4.77. The van der Waals surface area contributed by atoms with E-state index in [0.29, 0.717) is 0 Å². The number of benzene rings is 1. The number of aryl methyl sites for hydroxylation is 1. The van der Waals surface area contributed by atoms with Crippen molar-refractivity contribution >= 4 is 27.3 Å². The average Bonchev–Trinajstić information content (AvgIpc) is 2.79. The van der Waals surface area contributed by atoms with Crippen molar-refractivity contribution in [3.63, 3.8) is 0 Å². The first-order valence-electron chi connectivity index (χ1n) is 5.51. The molecule has 1 aromatic heterocycles. The minimum atomic E-state index is -0.0334. The lowest BCUT2D eigenvalue weighted by Crippen LogP contribution is -2.28. The fourth-order valence-corrected chi connectivity index (χ4v) is 3.54. The van der Waals surface area contributed by atoms with Gasteiger partial charge in [0.15, 0.2) is 0 Å². The molecule has 3 nitrogen and oxygen atoms in total. The van der Waals surface area contributed by atoms with Crippen molar-refractivity contribution in [1.82, 2.24) is 5.43 Å². The SMILES string of the molecule is COc1cc(C(NN)c2sccc2Br)ccc1C. The van der Waals surface area contributed by atoms with Gasteiger partial charge in [0, 0.05) is 9.35 Å². The molecule has 0 bridgehead atoms. The fraction of sp³-hybridized carbons (Fsp3) is 0.231. The summed E-state index contributed by atoms with van der Waals surface area (Å²) < 4.78 is 6.42. The van der Waals surface area contributed by atoms with E-state index in [1.54, 1.807) is 18.4 Å². The number of thiophene rings is 1. The van der Waals surface area contributed by atoms with Gasteiger partial charge in [-0.2, -0.15) is 0 Å². The summed E-state index contributed by atoms with van der Waals surface area (Å²) in [7, 11) is 1.68. The molecule has 2 rings (SSSR count). The highest BCUT2D eigenvalue weighted by Gasteiger charge is 2.17. The standard InChI is InChI=1S/C13H15BrN2OS/c1-8-3-4-9(7-11(8)17-2)12(16-15)13-10(14)5-6-18-13/h3-7,12,16H,15H2,1-2H3. The Kier molecular flexibility index (Phi) is 4.40. The maximum absolute atomic E-state index is 5.69. The smallest absolute Gasteiger partial charge is 0.122 e. The predicted molar refractivity (Wildman–Crippen MR) is 78.9 cm³/mol. The number of halogens is 1. The Balaban J connectivity index is 2.42. The van der Waals surface area contributed by atoms with Crippen molar-refractivity contribution in [3.05, 3.63) is 50.1 Å². The number of nitrogens with one attached hydrogen (secondary N) is 1. The highest BCUT2D eigenvalue weighted by molar-refractivity contribution is 9.10. The Labute approximate surface area is 119 Å². The van der Waals surface area contributed by atoms with Crippen LogP contribution in [0.15, 0.2) is 34.1 Å². The molecule has 1 heterocycles. The van der Waals surface area contributed by atoms with Gasteiger partial charge in [0.05, 0.1) is 13.2 Å². The van der Waals surface area contributed by atoms with Gasteiger partial charge in [-0.3, -0.25) is 5.84 Å². The predicted octanol–water partition coefficient (Wildman–Crippen LogP) is 3.38. The van der Waals surface area contributed by atoms with Gasteiger partial charge in [-0.25, -0.2) is 5.43 Å². The third kappa shape index (κ3) is 2.59. The van der Waals surface area contributed by atoms with Crippen LogP contribution in [-0.2, 0) is 0 Å². The largest absolute Gasteiger partial charge is 0.496 e. The molecule has 1 unspecified atom stereocenters. The highest BCUT2D eigenvalue weighted by atomic mass is 79.9. The van der Waals surface area contributed by atoms with Crippen LogP contribution < -0.4 is 16.0 Å². The van der Waals surface area contributed by atoms with E-state index in [1.807, 2.05) is 30.5 Å². The van der Waals surface area contributed by atoms with Crippen molar-refractivity contribution in [1.29, 1.82) is 0 Å². The second-order valence-electron chi connectivity index (χ2n) is 3.96. The molecule has 0 radical (unpaired) electrons. The Morgan fingerprint density at radius 1 is 1.39 bits per heavy atom. The monoisotopic (exact) mass is 326 g/mol. The lowest BCUT2D eigenvalue weighted by molar-refractivity contribution is 0.410. The zero-order chi connectivity index (χ0) is 13.1. The minimum absolute atomic E-state index is 0.0334. The van der Waals surface area contributed by atoms with Crippen LogP contribution in [0.3, 0.4) is 0 Å². The molecule has 0 aliphatic rings. The number of hydrogen-bond donors (Lipinski definition) is 2. The van der Waals surface area contributed by atoms with Crippen molar-refractivity contribution in [2.75, 3.05) is 7.11 Å². The number of methoxy groups -OCH3 is 1. The zero-order valence-corrected chi connectivity index (χ0v) is 12.6. The van der Waals surface area contributed by atoms with Crippen molar-refractivity contribution in [2.45, 2.75) is 13.0 Å². The van der Waals surface area contributed by atoms with Gasteiger partial charge in [0.25, 0.3) is 0 Å². The van der Waals surface area contributed by atoms with Gasteiger partial charge in [0.1, 0.15) is 5.75 Å². The van der Waals surface area contributed by atoms with Crippen molar-refractivity contribution < 1.29 is 4.74 Å². The number of hydrazine groups is 1. The minimum Gasteiger partial charge on any atom is -0.496 e. The first kappa shape index (κ1) is 13.5. The summed E-state index contributed by atoms with van der Waals surface area (Å²) in [5.74, 6) is 6.56. The van der Waals surface area contributed by atoms with E-state index in [9.17, 15) is 0 Å². The Hall–Kier alpha value is -0.880. The summed E-state index contributed by atoms with van der Waals surface area (Å²) >= 11 is 5.20. The molecule has 1 atom stereocenters. The molecule has 0 spiro atoms. The lowest BCUT2D eigenvalue weighted by Gasteiger charge is -2.17. The normalized spacial score (nSPS) is 12.4. The van der Waals surface area contributed by atoms with Gasteiger partial charge in [-0.15, -0.1) is 11.3 Å². The van der Waals surface area contributed by atoms with Crippen molar-refractivity contribution in [3.8, 4) is 5.75 Å². The number of rotatable bonds is 4. The number of nitrogens with two attached hydrogens (primary N) is 1. The van der Waals surface area contributed by atoms with Gasteiger partial charge in [0.2, 0.25) is 0 Å². The molecule has 96 valence electrons. The zero-order valence-electron chi connectivity index (χ0n) is 10.2. The molecule has 3 N–H and O–H groups in total. The quantitative estimate of drug-likeness (QED) is 0.668. The average molecular weight is 327 g/mol. The fourth-order valence-electron chi connectivity index (χ4n) is 1.85. The first-order valence-corrected chi connectivity index (χ1v) is 7.18. The second-order valence-corrected chi connectivity index (χ2v) is 5.76. The van der Waals surface area contributed by atoms with E-state index in [0.717, 1.165) is 26.2 Å².